The summed E-state index contributed by atoms with van der Waals surface area (Å²) in [6, 6.07) is 9.35. The van der Waals surface area contributed by atoms with E-state index in [9.17, 15) is 9.59 Å². The lowest BCUT2D eigenvalue weighted by atomic mass is 10.0. The maximum atomic E-state index is 11.8. The van der Waals surface area contributed by atoms with Crippen LogP contribution >= 0.6 is 0 Å². The summed E-state index contributed by atoms with van der Waals surface area (Å²) in [6.45, 7) is 2.21. The maximum absolute atomic E-state index is 11.8. The van der Waals surface area contributed by atoms with Crippen molar-refractivity contribution in [3.63, 3.8) is 0 Å². The highest BCUT2D eigenvalue weighted by Crippen LogP contribution is 2.51. The zero-order valence-electron chi connectivity index (χ0n) is 12.0. The van der Waals surface area contributed by atoms with Crippen molar-refractivity contribution in [1.82, 2.24) is 0 Å². The number of hydrogen-bond donors (Lipinski definition) is 1. The second-order valence-corrected chi connectivity index (χ2v) is 5.00. The lowest BCUT2D eigenvalue weighted by molar-refractivity contribution is -0.148. The molecule has 5 heteroatoms. The number of rotatable bonds is 6. The number of ether oxygens (including phenoxy) is 2. The van der Waals surface area contributed by atoms with Crippen molar-refractivity contribution in [3.05, 3.63) is 47.7 Å². The van der Waals surface area contributed by atoms with Gasteiger partial charge in [0.2, 0.25) is 0 Å². The van der Waals surface area contributed by atoms with Crippen LogP contribution in [-0.4, -0.2) is 18.5 Å². The molecule has 0 amide bonds. The molecule has 0 spiro atoms. The minimum atomic E-state index is -0.818. The number of nitrogens with two attached hydrogens (primary N) is 1. The van der Waals surface area contributed by atoms with Gasteiger partial charge in [0, 0.05) is 11.8 Å². The summed E-state index contributed by atoms with van der Waals surface area (Å²) in [5.41, 5.74) is 6.17. The molecule has 2 N–H and O–H groups in total. The Morgan fingerprint density at radius 3 is 2.48 bits per heavy atom. The zero-order chi connectivity index (χ0) is 15.3. The quantitative estimate of drug-likeness (QED) is 0.639. The van der Waals surface area contributed by atoms with Crippen molar-refractivity contribution < 1.29 is 19.1 Å². The van der Waals surface area contributed by atoms with Crippen molar-refractivity contribution in [2.24, 2.45) is 11.1 Å². The molecular formula is C16H19NO4. The molecular weight excluding hydrogens is 270 g/mol. The molecule has 1 fully saturated rings. The average molecular weight is 289 g/mol. The van der Waals surface area contributed by atoms with Crippen LogP contribution in [0.5, 0.6) is 0 Å². The topological polar surface area (TPSA) is 78.6 Å². The van der Waals surface area contributed by atoms with Crippen LogP contribution in [0.25, 0.3) is 0 Å². The van der Waals surface area contributed by atoms with E-state index in [1.165, 1.54) is 6.08 Å². The van der Waals surface area contributed by atoms with Gasteiger partial charge in [0.15, 0.2) is 0 Å². The van der Waals surface area contributed by atoms with Gasteiger partial charge in [0.05, 0.1) is 6.61 Å². The van der Waals surface area contributed by atoms with E-state index in [2.05, 4.69) is 0 Å². The first kappa shape index (κ1) is 15.1. The minimum Gasteiger partial charge on any atom is -0.465 e. The molecule has 0 aliphatic heterocycles. The van der Waals surface area contributed by atoms with Gasteiger partial charge >= 0.3 is 11.9 Å². The summed E-state index contributed by atoms with van der Waals surface area (Å²) in [6.07, 6.45) is 2.41. The Bertz CT molecular complexity index is 547. The first-order valence-electron chi connectivity index (χ1n) is 6.94. The van der Waals surface area contributed by atoms with Gasteiger partial charge in [-0.2, -0.15) is 0 Å². The predicted molar refractivity (Wildman–Crippen MR) is 76.8 cm³/mol. The molecule has 1 aliphatic rings. The summed E-state index contributed by atoms with van der Waals surface area (Å²) in [4.78, 5) is 23.6. The molecule has 21 heavy (non-hydrogen) atoms. The number of esters is 2. The van der Waals surface area contributed by atoms with Crippen LogP contribution in [0, 0.1) is 5.41 Å². The van der Waals surface area contributed by atoms with E-state index in [1.807, 2.05) is 30.3 Å². The first-order valence-corrected chi connectivity index (χ1v) is 6.94. The Morgan fingerprint density at radius 1 is 1.24 bits per heavy atom. The van der Waals surface area contributed by atoms with Crippen LogP contribution in [0.1, 0.15) is 25.3 Å². The Hall–Kier alpha value is -2.30. The van der Waals surface area contributed by atoms with Crippen molar-refractivity contribution in [1.29, 1.82) is 0 Å². The van der Waals surface area contributed by atoms with Crippen LogP contribution in [0.4, 0.5) is 0 Å². The van der Waals surface area contributed by atoms with Crippen LogP contribution < -0.4 is 5.73 Å². The van der Waals surface area contributed by atoms with Crippen LogP contribution in [0.2, 0.25) is 0 Å². The van der Waals surface area contributed by atoms with E-state index in [0.29, 0.717) is 19.4 Å². The number of carbonyl (C=O) groups excluding carboxylic acids is 2. The van der Waals surface area contributed by atoms with Gasteiger partial charge in [0.1, 0.15) is 12.0 Å². The van der Waals surface area contributed by atoms with Crippen molar-refractivity contribution >= 4 is 11.9 Å². The van der Waals surface area contributed by atoms with Gasteiger partial charge in [0.25, 0.3) is 0 Å². The van der Waals surface area contributed by atoms with E-state index in [1.54, 1.807) is 6.92 Å². The highest BCUT2D eigenvalue weighted by molar-refractivity contribution is 5.88. The summed E-state index contributed by atoms with van der Waals surface area (Å²) < 4.78 is 10.1. The van der Waals surface area contributed by atoms with E-state index in [0.717, 1.165) is 5.56 Å². The molecule has 1 aromatic carbocycles. The third-order valence-electron chi connectivity index (χ3n) is 3.47. The Labute approximate surface area is 123 Å². The molecule has 0 unspecified atom stereocenters. The van der Waals surface area contributed by atoms with Crippen molar-refractivity contribution in [2.45, 2.75) is 26.4 Å². The number of hydrogen-bond acceptors (Lipinski definition) is 5. The molecule has 0 saturated heterocycles. The molecule has 0 bridgehead atoms. The zero-order valence-corrected chi connectivity index (χ0v) is 12.0. The molecule has 2 rings (SSSR count). The lowest BCUT2D eigenvalue weighted by Crippen LogP contribution is -2.26. The standard InChI is InChI=1S/C16H19NO4/c1-2-20-15(19)16(8-9-16)13(17)10-14(18)21-11-12-6-4-3-5-7-12/h3-7,10H,2,8-9,11,17H2,1H3/b13-10-. The highest BCUT2D eigenvalue weighted by atomic mass is 16.5. The molecule has 1 saturated carbocycles. The largest absolute Gasteiger partial charge is 0.465 e. The first-order chi connectivity index (χ1) is 10.1. The third-order valence-corrected chi connectivity index (χ3v) is 3.47. The SMILES string of the molecule is CCOC(=O)C1(/C(N)=C/C(=O)OCc2ccccc2)CC1. The molecule has 0 atom stereocenters. The fourth-order valence-corrected chi connectivity index (χ4v) is 2.04. The van der Waals surface area contributed by atoms with Gasteiger partial charge in [-0.1, -0.05) is 30.3 Å². The van der Waals surface area contributed by atoms with Crippen LogP contribution in [0.15, 0.2) is 42.1 Å². The van der Waals surface area contributed by atoms with E-state index in [-0.39, 0.29) is 18.3 Å². The van der Waals surface area contributed by atoms with Crippen molar-refractivity contribution in [3.8, 4) is 0 Å². The van der Waals surface area contributed by atoms with E-state index >= 15 is 0 Å². The van der Waals surface area contributed by atoms with Gasteiger partial charge in [-0.25, -0.2) is 4.79 Å². The molecule has 5 nitrogen and oxygen atoms in total. The second-order valence-electron chi connectivity index (χ2n) is 5.00. The molecule has 0 radical (unpaired) electrons. The number of benzene rings is 1. The molecule has 1 aromatic rings. The summed E-state index contributed by atoms with van der Waals surface area (Å²) in [5.74, 6) is -0.915. The fraction of sp³-hybridized carbons (Fsp3) is 0.375. The Kier molecular flexibility index (Phi) is 4.62. The summed E-state index contributed by atoms with van der Waals surface area (Å²) in [5, 5.41) is 0. The van der Waals surface area contributed by atoms with Gasteiger partial charge < -0.3 is 15.2 Å². The highest BCUT2D eigenvalue weighted by Gasteiger charge is 2.54. The average Bonchev–Trinajstić information content (AvgIpc) is 3.28. The second kappa shape index (κ2) is 6.43. The monoisotopic (exact) mass is 289 g/mol. The molecule has 0 aromatic heterocycles. The molecule has 0 heterocycles. The van der Waals surface area contributed by atoms with Crippen LogP contribution in [-0.2, 0) is 25.7 Å². The third kappa shape index (κ3) is 3.62. The van der Waals surface area contributed by atoms with E-state index < -0.39 is 11.4 Å². The van der Waals surface area contributed by atoms with Crippen molar-refractivity contribution in [2.75, 3.05) is 6.61 Å². The summed E-state index contributed by atoms with van der Waals surface area (Å²) in [7, 11) is 0. The smallest absolute Gasteiger partial charge is 0.332 e. The van der Waals surface area contributed by atoms with Gasteiger partial charge in [-0.3, -0.25) is 4.79 Å². The Morgan fingerprint density at radius 2 is 1.90 bits per heavy atom. The number of carbonyl (C=O) groups is 2. The fourth-order valence-electron chi connectivity index (χ4n) is 2.04. The minimum absolute atomic E-state index is 0.176. The Balaban J connectivity index is 1.93. The van der Waals surface area contributed by atoms with Crippen LogP contribution in [0.3, 0.4) is 0 Å². The van der Waals surface area contributed by atoms with E-state index in [4.69, 9.17) is 15.2 Å². The molecule has 1 aliphatic carbocycles. The summed E-state index contributed by atoms with van der Waals surface area (Å²) >= 11 is 0. The lowest BCUT2D eigenvalue weighted by Gasteiger charge is -2.13. The maximum Gasteiger partial charge on any atom is 0.332 e. The van der Waals surface area contributed by atoms with Gasteiger partial charge in [-0.05, 0) is 25.3 Å². The predicted octanol–water partition coefficient (Wildman–Crippen LogP) is 1.92. The van der Waals surface area contributed by atoms with Gasteiger partial charge in [-0.15, -0.1) is 0 Å². The normalized spacial score (nSPS) is 16.1. The molecule has 112 valence electrons.